The predicted octanol–water partition coefficient (Wildman–Crippen LogP) is 4.47. The van der Waals surface area contributed by atoms with Crippen molar-refractivity contribution in [1.29, 1.82) is 0 Å². The molecule has 1 saturated carbocycles. The van der Waals surface area contributed by atoms with E-state index in [-0.39, 0.29) is 29.5 Å². The van der Waals surface area contributed by atoms with Gasteiger partial charge in [0.05, 0.1) is 7.11 Å². The topological polar surface area (TPSA) is 60.7 Å². The predicted molar refractivity (Wildman–Crippen MR) is 106 cm³/mol. The fourth-order valence-electron chi connectivity index (χ4n) is 3.32. The van der Waals surface area contributed by atoms with Crippen molar-refractivity contribution < 1.29 is 23.1 Å². The molecule has 6 heteroatoms. The second-order valence-corrected chi connectivity index (χ2v) is 7.18. The van der Waals surface area contributed by atoms with Crippen LogP contribution in [0.1, 0.15) is 34.7 Å². The van der Waals surface area contributed by atoms with Gasteiger partial charge in [0, 0.05) is 12.0 Å². The van der Waals surface area contributed by atoms with Crippen LogP contribution in [-0.4, -0.2) is 19.6 Å². The van der Waals surface area contributed by atoms with Crippen LogP contribution in [0.5, 0.6) is 11.5 Å². The summed E-state index contributed by atoms with van der Waals surface area (Å²) in [5.74, 6) is 1.48. The monoisotopic (exact) mass is 395 g/mol. The fourth-order valence-corrected chi connectivity index (χ4v) is 3.32. The van der Waals surface area contributed by atoms with Gasteiger partial charge in [-0.1, -0.05) is 24.3 Å². The van der Waals surface area contributed by atoms with E-state index in [0.29, 0.717) is 23.8 Å². The van der Waals surface area contributed by atoms with E-state index < -0.39 is 0 Å². The first-order chi connectivity index (χ1) is 14.1. The highest BCUT2D eigenvalue weighted by Gasteiger charge is 2.44. The maximum absolute atomic E-state index is 13.1. The summed E-state index contributed by atoms with van der Waals surface area (Å²) in [7, 11) is 1.58. The van der Waals surface area contributed by atoms with Gasteiger partial charge in [-0.25, -0.2) is 4.39 Å². The molecule has 1 aliphatic rings. The lowest BCUT2D eigenvalue weighted by atomic mass is 9.96. The van der Waals surface area contributed by atoms with E-state index in [1.54, 1.807) is 37.4 Å². The minimum atomic E-state index is -0.276. The zero-order valence-corrected chi connectivity index (χ0v) is 16.1. The second kappa shape index (κ2) is 7.99. The molecule has 1 fully saturated rings. The largest absolute Gasteiger partial charge is 0.493 e. The van der Waals surface area contributed by atoms with Gasteiger partial charge >= 0.3 is 0 Å². The van der Waals surface area contributed by atoms with Crippen molar-refractivity contribution in [3.8, 4) is 11.5 Å². The molecule has 0 radical (unpaired) electrons. The highest BCUT2D eigenvalue weighted by molar-refractivity contribution is 5.91. The van der Waals surface area contributed by atoms with Crippen molar-refractivity contribution in [3.63, 3.8) is 0 Å². The van der Waals surface area contributed by atoms with Crippen LogP contribution in [0, 0.1) is 5.82 Å². The lowest BCUT2D eigenvalue weighted by molar-refractivity contribution is 0.0917. The Morgan fingerprint density at radius 3 is 2.48 bits per heavy atom. The van der Waals surface area contributed by atoms with Crippen molar-refractivity contribution in [3.05, 3.63) is 83.6 Å². The van der Waals surface area contributed by atoms with Gasteiger partial charge in [0.15, 0.2) is 17.3 Å². The van der Waals surface area contributed by atoms with E-state index in [2.05, 4.69) is 5.32 Å². The molecule has 2 aromatic carbocycles. The number of amides is 1. The van der Waals surface area contributed by atoms with Gasteiger partial charge in [-0.3, -0.25) is 4.79 Å². The van der Waals surface area contributed by atoms with Crippen LogP contribution in [0.25, 0.3) is 0 Å². The summed E-state index contributed by atoms with van der Waals surface area (Å²) < 4.78 is 29.7. The Morgan fingerprint density at radius 1 is 1.07 bits per heavy atom. The maximum Gasteiger partial charge on any atom is 0.287 e. The number of carbonyl (C=O) groups excluding carboxylic acids is 1. The number of hydrogen-bond donors (Lipinski definition) is 1. The molecule has 150 valence electrons. The zero-order valence-electron chi connectivity index (χ0n) is 16.1. The van der Waals surface area contributed by atoms with Gasteiger partial charge in [-0.05, 0) is 54.8 Å². The molecule has 3 aromatic rings. The number of halogens is 1. The molecule has 29 heavy (non-hydrogen) atoms. The van der Waals surface area contributed by atoms with Crippen LogP contribution < -0.4 is 14.8 Å². The van der Waals surface area contributed by atoms with E-state index in [4.69, 9.17) is 13.9 Å². The van der Waals surface area contributed by atoms with Gasteiger partial charge in [-0.2, -0.15) is 0 Å². The van der Waals surface area contributed by atoms with Crippen molar-refractivity contribution in [2.75, 3.05) is 13.7 Å². The summed E-state index contributed by atoms with van der Waals surface area (Å²) in [5.41, 5.74) is 0.940. The minimum absolute atomic E-state index is 0.105. The van der Waals surface area contributed by atoms with E-state index in [0.717, 1.165) is 18.4 Å². The number of furan rings is 1. The van der Waals surface area contributed by atoms with Crippen molar-refractivity contribution in [1.82, 2.24) is 5.32 Å². The van der Waals surface area contributed by atoms with Gasteiger partial charge in [0.2, 0.25) is 0 Å². The molecule has 5 nitrogen and oxygen atoms in total. The summed E-state index contributed by atoms with van der Waals surface area (Å²) in [6.45, 7) is 0.679. The molecule has 1 amide bonds. The molecule has 1 aromatic heterocycles. The van der Waals surface area contributed by atoms with Gasteiger partial charge in [-0.15, -0.1) is 0 Å². The van der Waals surface area contributed by atoms with Crippen LogP contribution >= 0.6 is 0 Å². The summed E-state index contributed by atoms with van der Waals surface area (Å²) in [5, 5.41) is 2.93. The van der Waals surface area contributed by atoms with Gasteiger partial charge in [0.1, 0.15) is 18.2 Å². The Bertz CT molecular complexity index is 992. The van der Waals surface area contributed by atoms with Crippen LogP contribution in [-0.2, 0) is 12.0 Å². The third kappa shape index (κ3) is 4.26. The molecule has 0 spiro atoms. The van der Waals surface area contributed by atoms with E-state index >= 15 is 0 Å². The lowest BCUT2D eigenvalue weighted by Gasteiger charge is -2.16. The second-order valence-electron chi connectivity index (χ2n) is 7.18. The minimum Gasteiger partial charge on any atom is -0.493 e. The molecule has 4 rings (SSSR count). The Morgan fingerprint density at radius 2 is 1.79 bits per heavy atom. The van der Waals surface area contributed by atoms with Crippen molar-refractivity contribution in [2.45, 2.75) is 24.9 Å². The summed E-state index contributed by atoms with van der Waals surface area (Å²) in [6.07, 6.45) is 1.93. The highest BCUT2D eigenvalue weighted by atomic mass is 19.1. The average Bonchev–Trinajstić information content (AvgIpc) is 3.39. The van der Waals surface area contributed by atoms with Crippen molar-refractivity contribution >= 4 is 5.91 Å². The molecule has 1 heterocycles. The summed E-state index contributed by atoms with van der Waals surface area (Å²) in [6, 6.07) is 17.2. The van der Waals surface area contributed by atoms with Crippen molar-refractivity contribution in [2.24, 2.45) is 0 Å². The number of rotatable bonds is 8. The Kier molecular flexibility index (Phi) is 5.25. The molecule has 0 aliphatic heterocycles. The third-order valence-corrected chi connectivity index (χ3v) is 5.22. The number of nitrogens with one attached hydrogen (secondary N) is 1. The molecular weight excluding hydrogens is 373 g/mol. The zero-order chi connectivity index (χ0) is 20.3. The summed E-state index contributed by atoms with van der Waals surface area (Å²) >= 11 is 0. The Hall–Kier alpha value is -3.28. The van der Waals surface area contributed by atoms with Crippen LogP contribution in [0.3, 0.4) is 0 Å². The summed E-state index contributed by atoms with van der Waals surface area (Å²) in [4.78, 5) is 12.5. The van der Waals surface area contributed by atoms with E-state index in [1.807, 2.05) is 18.2 Å². The quantitative estimate of drug-likeness (QED) is 0.611. The molecular formula is C23H22FNO4. The standard InChI is InChI=1S/C23H22FNO4/c1-27-19-4-2-3-5-20(19)28-14-18-10-11-21(29-18)22(26)25-15-23(12-13-23)16-6-8-17(24)9-7-16/h2-11H,12-15H2,1H3,(H,25,26). The van der Waals surface area contributed by atoms with E-state index in [1.165, 1.54) is 12.1 Å². The molecule has 0 bridgehead atoms. The Balaban J connectivity index is 1.33. The number of hydrogen-bond acceptors (Lipinski definition) is 4. The van der Waals surface area contributed by atoms with Gasteiger partial charge < -0.3 is 19.2 Å². The van der Waals surface area contributed by atoms with Crippen LogP contribution in [0.2, 0.25) is 0 Å². The molecule has 0 saturated heterocycles. The first-order valence-corrected chi connectivity index (χ1v) is 9.48. The maximum atomic E-state index is 13.1. The average molecular weight is 395 g/mol. The van der Waals surface area contributed by atoms with Crippen LogP contribution in [0.15, 0.2) is 65.1 Å². The molecule has 1 N–H and O–H groups in total. The number of methoxy groups -OCH3 is 1. The smallest absolute Gasteiger partial charge is 0.287 e. The molecule has 1 aliphatic carbocycles. The molecule has 0 unspecified atom stereocenters. The third-order valence-electron chi connectivity index (χ3n) is 5.22. The SMILES string of the molecule is COc1ccccc1OCc1ccc(C(=O)NCC2(c3ccc(F)cc3)CC2)o1. The number of para-hydroxylation sites is 2. The number of benzene rings is 2. The van der Waals surface area contributed by atoms with E-state index in [9.17, 15) is 9.18 Å². The first kappa shape index (κ1) is 19.1. The normalized spacial score (nSPS) is 14.3. The fraction of sp³-hybridized carbons (Fsp3) is 0.261. The van der Waals surface area contributed by atoms with Crippen LogP contribution in [0.4, 0.5) is 4.39 Å². The highest BCUT2D eigenvalue weighted by Crippen LogP contribution is 2.47. The number of carbonyl (C=O) groups is 1. The number of ether oxygens (including phenoxy) is 2. The molecule has 0 atom stereocenters. The first-order valence-electron chi connectivity index (χ1n) is 9.48. The lowest BCUT2D eigenvalue weighted by Crippen LogP contribution is -2.32. The van der Waals surface area contributed by atoms with Gasteiger partial charge in [0.25, 0.3) is 5.91 Å². The Labute approximate surface area is 168 Å².